The summed E-state index contributed by atoms with van der Waals surface area (Å²) in [5.41, 5.74) is 1.40. The van der Waals surface area contributed by atoms with E-state index < -0.39 is 4.92 Å². The Morgan fingerprint density at radius 3 is 3.00 bits per heavy atom. The number of anilines is 1. The Bertz CT molecular complexity index is 626. The van der Waals surface area contributed by atoms with Gasteiger partial charge in [-0.15, -0.1) is 0 Å². The number of nitrogens with zero attached hydrogens (tertiary/aromatic N) is 4. The minimum absolute atomic E-state index is 0.0808. The van der Waals surface area contributed by atoms with Crippen molar-refractivity contribution in [1.29, 1.82) is 0 Å². The summed E-state index contributed by atoms with van der Waals surface area (Å²) in [6.07, 6.45) is 0. The highest BCUT2D eigenvalue weighted by Gasteiger charge is 2.25. The molecule has 0 bridgehead atoms. The van der Waals surface area contributed by atoms with Gasteiger partial charge >= 0.3 is 5.69 Å². The molecule has 0 radical (unpaired) electrons. The van der Waals surface area contributed by atoms with Crippen molar-refractivity contribution in [2.24, 2.45) is 0 Å². The third-order valence-electron chi connectivity index (χ3n) is 3.38. The van der Waals surface area contributed by atoms with E-state index in [2.05, 4.69) is 32.1 Å². The molecule has 8 heteroatoms. The monoisotopic (exact) mass is 263 g/mol. The second-order valence-corrected chi connectivity index (χ2v) is 4.57. The van der Waals surface area contributed by atoms with Crippen LogP contribution in [-0.2, 0) is 0 Å². The van der Waals surface area contributed by atoms with E-state index in [1.807, 2.05) is 0 Å². The van der Waals surface area contributed by atoms with Gasteiger partial charge < -0.3 is 10.2 Å². The number of aromatic nitrogens is 2. The number of rotatable bonds is 2. The highest BCUT2D eigenvalue weighted by Crippen LogP contribution is 2.32. The van der Waals surface area contributed by atoms with E-state index >= 15 is 0 Å². The average Bonchev–Trinajstić information content (AvgIpc) is 2.87. The van der Waals surface area contributed by atoms with Gasteiger partial charge in [-0.2, -0.15) is 0 Å². The highest BCUT2D eigenvalue weighted by molar-refractivity contribution is 5.94. The molecule has 2 heterocycles. The van der Waals surface area contributed by atoms with Gasteiger partial charge in [0.05, 0.1) is 10.6 Å². The average molecular weight is 263 g/mol. The third kappa shape index (κ3) is 1.89. The Balaban J connectivity index is 2.12. The minimum atomic E-state index is -0.475. The molecule has 1 aliphatic rings. The van der Waals surface area contributed by atoms with Crippen LogP contribution in [0.5, 0.6) is 0 Å². The SMILES string of the molecule is CC1CNCCN1c1ccc([N+](=O)[O-])c2nonc12. The van der Waals surface area contributed by atoms with Crippen molar-refractivity contribution in [2.75, 3.05) is 24.5 Å². The van der Waals surface area contributed by atoms with E-state index in [-0.39, 0.29) is 17.2 Å². The normalized spacial score (nSPS) is 19.8. The van der Waals surface area contributed by atoms with Crippen molar-refractivity contribution in [2.45, 2.75) is 13.0 Å². The van der Waals surface area contributed by atoms with Gasteiger partial charge in [0.25, 0.3) is 0 Å². The van der Waals surface area contributed by atoms with Crippen LogP contribution in [0.2, 0.25) is 0 Å². The van der Waals surface area contributed by atoms with E-state index in [0.717, 1.165) is 25.3 Å². The number of nitrogens with one attached hydrogen (secondary N) is 1. The third-order valence-corrected chi connectivity index (χ3v) is 3.38. The highest BCUT2D eigenvalue weighted by atomic mass is 16.6. The number of fused-ring (bicyclic) bond motifs is 1. The van der Waals surface area contributed by atoms with Crippen molar-refractivity contribution in [3.05, 3.63) is 22.2 Å². The standard InChI is InChI=1S/C11H13N5O3/c1-7-6-12-4-5-15(7)8-2-3-9(16(17)18)11-10(8)13-19-14-11/h2-3,7,12H,4-6H2,1H3. The van der Waals surface area contributed by atoms with Crippen molar-refractivity contribution in [3.8, 4) is 0 Å². The molecule has 19 heavy (non-hydrogen) atoms. The van der Waals surface area contributed by atoms with Gasteiger partial charge in [0.2, 0.25) is 5.52 Å². The Morgan fingerprint density at radius 2 is 2.26 bits per heavy atom. The molecule has 2 aromatic rings. The van der Waals surface area contributed by atoms with Crippen LogP contribution < -0.4 is 10.2 Å². The molecule has 0 aliphatic carbocycles. The predicted molar refractivity (Wildman–Crippen MR) is 68.1 cm³/mol. The molecular weight excluding hydrogens is 250 g/mol. The lowest BCUT2D eigenvalue weighted by Crippen LogP contribution is -2.50. The van der Waals surface area contributed by atoms with Crippen LogP contribution in [0.1, 0.15) is 6.92 Å². The maximum atomic E-state index is 10.9. The summed E-state index contributed by atoms with van der Waals surface area (Å²) in [4.78, 5) is 12.6. The van der Waals surface area contributed by atoms with Crippen LogP contribution in [0.4, 0.5) is 11.4 Å². The van der Waals surface area contributed by atoms with E-state index in [0.29, 0.717) is 5.52 Å². The van der Waals surface area contributed by atoms with Crippen LogP contribution >= 0.6 is 0 Å². The van der Waals surface area contributed by atoms with Gasteiger partial charge in [0, 0.05) is 31.7 Å². The number of benzene rings is 1. The smallest absolute Gasteiger partial charge is 0.300 e. The first kappa shape index (κ1) is 11.8. The number of hydrogen-bond acceptors (Lipinski definition) is 7. The predicted octanol–water partition coefficient (Wildman–Crippen LogP) is 0.929. The summed E-state index contributed by atoms with van der Waals surface area (Å²) in [6.45, 7) is 4.64. The zero-order valence-electron chi connectivity index (χ0n) is 10.4. The molecule has 1 unspecified atom stereocenters. The number of nitro groups is 1. The van der Waals surface area contributed by atoms with Crippen LogP contribution in [0.15, 0.2) is 16.8 Å². The molecule has 0 spiro atoms. The maximum Gasteiger partial charge on any atom is 0.300 e. The molecule has 1 fully saturated rings. The van der Waals surface area contributed by atoms with E-state index in [1.165, 1.54) is 6.07 Å². The molecule has 1 aromatic heterocycles. The maximum absolute atomic E-state index is 10.9. The number of non-ortho nitro benzene ring substituents is 1. The fraction of sp³-hybridized carbons (Fsp3) is 0.455. The molecule has 1 atom stereocenters. The second kappa shape index (κ2) is 4.47. The largest absolute Gasteiger partial charge is 0.364 e. The van der Waals surface area contributed by atoms with Crippen LogP contribution in [0, 0.1) is 10.1 Å². The molecule has 1 saturated heterocycles. The van der Waals surface area contributed by atoms with Gasteiger partial charge in [-0.1, -0.05) is 0 Å². The first-order valence-corrected chi connectivity index (χ1v) is 6.05. The van der Waals surface area contributed by atoms with E-state index in [9.17, 15) is 10.1 Å². The Hall–Kier alpha value is -2.22. The molecule has 1 N–H and O–H groups in total. The fourth-order valence-electron chi connectivity index (χ4n) is 2.42. The second-order valence-electron chi connectivity index (χ2n) is 4.57. The number of nitro benzene ring substituents is 1. The molecular formula is C11H13N5O3. The van der Waals surface area contributed by atoms with Gasteiger partial charge in [-0.3, -0.25) is 10.1 Å². The number of piperazine rings is 1. The summed E-state index contributed by atoms with van der Waals surface area (Å²) in [5.74, 6) is 0. The van der Waals surface area contributed by atoms with Crippen LogP contribution in [0.3, 0.4) is 0 Å². The van der Waals surface area contributed by atoms with Crippen molar-refractivity contribution >= 4 is 22.4 Å². The lowest BCUT2D eigenvalue weighted by molar-refractivity contribution is -0.383. The van der Waals surface area contributed by atoms with Gasteiger partial charge in [-0.25, -0.2) is 4.63 Å². The Labute approximate surface area is 108 Å². The Kier molecular flexibility index (Phi) is 2.79. The molecule has 1 aromatic carbocycles. The lowest BCUT2D eigenvalue weighted by atomic mass is 10.1. The quantitative estimate of drug-likeness (QED) is 0.635. The summed E-state index contributed by atoms with van der Waals surface area (Å²) >= 11 is 0. The Morgan fingerprint density at radius 1 is 1.47 bits per heavy atom. The first-order chi connectivity index (χ1) is 9.18. The molecule has 0 saturated carbocycles. The molecule has 0 amide bonds. The van der Waals surface area contributed by atoms with Crippen molar-refractivity contribution < 1.29 is 9.55 Å². The van der Waals surface area contributed by atoms with E-state index in [4.69, 9.17) is 0 Å². The van der Waals surface area contributed by atoms with Crippen LogP contribution in [0.25, 0.3) is 11.0 Å². The summed E-state index contributed by atoms with van der Waals surface area (Å²) in [5, 5.41) is 21.7. The summed E-state index contributed by atoms with van der Waals surface area (Å²) in [7, 11) is 0. The van der Waals surface area contributed by atoms with Gasteiger partial charge in [-0.05, 0) is 23.3 Å². The number of hydrogen-bond donors (Lipinski definition) is 1. The molecule has 1 aliphatic heterocycles. The topological polar surface area (TPSA) is 97.3 Å². The molecule has 3 rings (SSSR count). The van der Waals surface area contributed by atoms with Crippen molar-refractivity contribution in [1.82, 2.24) is 15.6 Å². The zero-order chi connectivity index (χ0) is 13.4. The van der Waals surface area contributed by atoms with Crippen LogP contribution in [-0.4, -0.2) is 40.9 Å². The summed E-state index contributed by atoms with van der Waals surface area (Å²) in [6, 6.07) is 3.46. The first-order valence-electron chi connectivity index (χ1n) is 6.05. The summed E-state index contributed by atoms with van der Waals surface area (Å²) < 4.78 is 4.68. The van der Waals surface area contributed by atoms with E-state index in [1.54, 1.807) is 6.07 Å². The van der Waals surface area contributed by atoms with Gasteiger partial charge in [0.15, 0.2) is 5.52 Å². The van der Waals surface area contributed by atoms with Gasteiger partial charge in [0.1, 0.15) is 0 Å². The minimum Gasteiger partial charge on any atom is -0.364 e. The lowest BCUT2D eigenvalue weighted by Gasteiger charge is -2.35. The molecule has 8 nitrogen and oxygen atoms in total. The van der Waals surface area contributed by atoms with Crippen molar-refractivity contribution in [3.63, 3.8) is 0 Å². The fourth-order valence-corrected chi connectivity index (χ4v) is 2.42. The zero-order valence-corrected chi connectivity index (χ0v) is 10.4. The molecule has 100 valence electrons.